The van der Waals surface area contributed by atoms with Gasteiger partial charge in [0.25, 0.3) is 0 Å². The lowest BCUT2D eigenvalue weighted by Gasteiger charge is -2.13. The molecule has 1 nitrogen and oxygen atoms in total. The molecule has 0 spiro atoms. The molecule has 0 aliphatic rings. The summed E-state index contributed by atoms with van der Waals surface area (Å²) in [5.41, 5.74) is 0.791. The molecule has 18 heavy (non-hydrogen) atoms. The highest BCUT2D eigenvalue weighted by Crippen LogP contribution is 2.30. The molecule has 0 bridgehead atoms. The third-order valence-electron chi connectivity index (χ3n) is 2.54. The third-order valence-corrected chi connectivity index (χ3v) is 4.72. The lowest BCUT2D eigenvalue weighted by molar-refractivity contribution is 0.214. The molecular weight excluding hydrogens is 433 g/mol. The van der Waals surface area contributed by atoms with E-state index in [1.165, 1.54) is 0 Å². The average Bonchev–Trinajstić information content (AvgIpc) is 2.35. The van der Waals surface area contributed by atoms with Gasteiger partial charge in [-0.2, -0.15) is 0 Å². The van der Waals surface area contributed by atoms with Crippen LogP contribution in [0.4, 0.5) is 4.39 Å². The predicted octanol–water partition coefficient (Wildman–Crippen LogP) is 4.93. The maximum absolute atomic E-state index is 13.9. The molecule has 0 saturated carbocycles. The molecule has 2 aromatic rings. The lowest BCUT2D eigenvalue weighted by atomic mass is 10.0. The van der Waals surface area contributed by atoms with Crippen molar-refractivity contribution >= 4 is 50.1 Å². The molecule has 0 radical (unpaired) electrons. The molecule has 5 heteroatoms. The molecular formula is C13H8BrClFIO. The Bertz CT molecular complexity index is 591. The van der Waals surface area contributed by atoms with E-state index in [0.717, 1.165) is 3.57 Å². The standard InChI is InChI=1S/C13H8BrClFIO/c14-9-3-1-2-8(12(9)16)13(18)7-4-5-11(17)10(15)6-7/h1-6,13,18H. The molecule has 94 valence electrons. The molecule has 0 aliphatic carbocycles. The first-order chi connectivity index (χ1) is 8.50. The van der Waals surface area contributed by atoms with Gasteiger partial charge < -0.3 is 5.11 Å². The summed E-state index contributed by atoms with van der Waals surface area (Å²) in [6.07, 6.45) is -1.03. The largest absolute Gasteiger partial charge is 0.384 e. The van der Waals surface area contributed by atoms with Gasteiger partial charge in [0, 0.05) is 9.13 Å². The van der Waals surface area contributed by atoms with Crippen molar-refractivity contribution in [1.82, 2.24) is 0 Å². The van der Waals surface area contributed by atoms with Crippen LogP contribution in [0.15, 0.2) is 40.9 Å². The van der Waals surface area contributed by atoms with Crippen molar-refractivity contribution in [1.29, 1.82) is 0 Å². The molecule has 2 aromatic carbocycles. The van der Waals surface area contributed by atoms with Crippen LogP contribution in [0.25, 0.3) is 0 Å². The van der Waals surface area contributed by atoms with Crippen molar-refractivity contribution in [2.24, 2.45) is 0 Å². The van der Waals surface area contributed by atoms with Crippen molar-refractivity contribution in [3.63, 3.8) is 0 Å². The van der Waals surface area contributed by atoms with E-state index in [-0.39, 0.29) is 5.56 Å². The van der Waals surface area contributed by atoms with Gasteiger partial charge >= 0.3 is 0 Å². The first kappa shape index (κ1) is 14.2. The summed E-state index contributed by atoms with van der Waals surface area (Å²) in [6, 6.07) is 9.99. The summed E-state index contributed by atoms with van der Waals surface area (Å²) in [7, 11) is 0. The van der Waals surface area contributed by atoms with Crippen LogP contribution >= 0.6 is 50.1 Å². The van der Waals surface area contributed by atoms with Crippen LogP contribution in [-0.2, 0) is 0 Å². The number of hydrogen-bond acceptors (Lipinski definition) is 1. The molecule has 1 N–H and O–H groups in total. The summed E-state index contributed by atoms with van der Waals surface area (Å²) < 4.78 is 15.1. The van der Waals surface area contributed by atoms with E-state index in [1.807, 2.05) is 0 Å². The zero-order valence-corrected chi connectivity index (χ0v) is 13.5. The summed E-state index contributed by atoms with van der Waals surface area (Å²) >= 11 is 11.2. The van der Waals surface area contributed by atoms with Crippen LogP contribution in [-0.4, -0.2) is 5.11 Å². The normalized spacial score (nSPS) is 12.5. The average molecular weight is 441 g/mol. The molecule has 0 heterocycles. The van der Waals surface area contributed by atoms with Gasteiger partial charge in [0.05, 0.1) is 9.50 Å². The van der Waals surface area contributed by atoms with Crippen molar-refractivity contribution in [2.45, 2.75) is 6.10 Å². The Morgan fingerprint density at radius 1 is 1.28 bits per heavy atom. The Kier molecular flexibility index (Phi) is 4.64. The smallest absolute Gasteiger partial charge is 0.143 e. The summed E-state index contributed by atoms with van der Waals surface area (Å²) in [6.45, 7) is 0. The highest BCUT2D eigenvalue weighted by atomic mass is 127. The minimum absolute atomic E-state index is 0.224. The Hall–Kier alpha value is -0.170. The topological polar surface area (TPSA) is 20.2 Å². The number of rotatable bonds is 2. The zero-order chi connectivity index (χ0) is 13.3. The van der Waals surface area contributed by atoms with E-state index in [1.54, 1.807) is 36.4 Å². The number of hydrogen-bond donors (Lipinski definition) is 1. The van der Waals surface area contributed by atoms with Gasteiger partial charge in [-0.05, 0) is 62.3 Å². The fourth-order valence-electron chi connectivity index (χ4n) is 1.59. The van der Waals surface area contributed by atoms with Gasteiger partial charge in [-0.1, -0.05) is 29.8 Å². The van der Waals surface area contributed by atoms with Crippen molar-refractivity contribution in [3.05, 3.63) is 66.4 Å². The number of halogens is 4. The van der Waals surface area contributed by atoms with Gasteiger partial charge in [-0.3, -0.25) is 0 Å². The minimum atomic E-state index is -1.03. The molecule has 1 unspecified atom stereocenters. The Balaban J connectivity index is 2.44. The molecule has 2 rings (SSSR count). The van der Waals surface area contributed by atoms with E-state index < -0.39 is 11.9 Å². The fourth-order valence-corrected chi connectivity index (χ4v) is 2.50. The fraction of sp³-hybridized carbons (Fsp3) is 0.0769. The van der Waals surface area contributed by atoms with Gasteiger partial charge in [0.15, 0.2) is 0 Å². The van der Waals surface area contributed by atoms with Crippen LogP contribution in [0.1, 0.15) is 17.2 Å². The highest BCUT2D eigenvalue weighted by molar-refractivity contribution is 14.1. The number of aliphatic hydroxyl groups is 1. The van der Waals surface area contributed by atoms with Crippen LogP contribution in [0, 0.1) is 9.39 Å². The second-order valence-electron chi connectivity index (χ2n) is 3.72. The van der Waals surface area contributed by atoms with Crippen molar-refractivity contribution in [2.75, 3.05) is 0 Å². The second-order valence-corrected chi connectivity index (χ2v) is 6.14. The van der Waals surface area contributed by atoms with E-state index in [9.17, 15) is 9.50 Å². The molecule has 0 saturated heterocycles. The maximum Gasteiger partial charge on any atom is 0.143 e. The summed E-state index contributed by atoms with van der Waals surface area (Å²) in [4.78, 5) is 0. The first-order valence-corrected chi connectivity index (χ1v) is 7.32. The molecule has 0 aromatic heterocycles. The van der Waals surface area contributed by atoms with Crippen molar-refractivity contribution < 1.29 is 9.50 Å². The van der Waals surface area contributed by atoms with E-state index in [4.69, 9.17) is 11.6 Å². The van der Waals surface area contributed by atoms with Gasteiger partial charge in [0.2, 0.25) is 0 Å². The number of benzene rings is 2. The van der Waals surface area contributed by atoms with Crippen LogP contribution in [0.5, 0.6) is 0 Å². The molecule has 0 amide bonds. The van der Waals surface area contributed by atoms with Crippen LogP contribution in [0.3, 0.4) is 0 Å². The van der Waals surface area contributed by atoms with E-state index >= 15 is 0 Å². The predicted molar refractivity (Wildman–Crippen MR) is 82.3 cm³/mol. The maximum atomic E-state index is 13.9. The monoisotopic (exact) mass is 440 g/mol. The zero-order valence-electron chi connectivity index (χ0n) is 9.00. The Morgan fingerprint density at radius 2 is 2.00 bits per heavy atom. The molecule has 1 atom stereocenters. The van der Waals surface area contributed by atoms with Crippen LogP contribution < -0.4 is 0 Å². The van der Waals surface area contributed by atoms with Gasteiger partial charge in [-0.25, -0.2) is 4.39 Å². The van der Waals surface area contributed by atoms with Crippen LogP contribution in [0.2, 0.25) is 5.02 Å². The molecule has 0 fully saturated rings. The third kappa shape index (κ3) is 2.87. The molecule has 0 aliphatic heterocycles. The van der Waals surface area contributed by atoms with Gasteiger partial charge in [0.1, 0.15) is 11.9 Å². The number of aliphatic hydroxyl groups excluding tert-OH is 1. The lowest BCUT2D eigenvalue weighted by Crippen LogP contribution is -2.03. The first-order valence-electron chi connectivity index (χ1n) is 5.07. The second kappa shape index (κ2) is 5.86. The summed E-state index contributed by atoms with van der Waals surface area (Å²) in [5.74, 6) is -0.459. The van der Waals surface area contributed by atoms with Gasteiger partial charge in [-0.15, -0.1) is 0 Å². The quantitative estimate of drug-likeness (QED) is 0.656. The van der Waals surface area contributed by atoms with E-state index in [0.29, 0.717) is 15.1 Å². The minimum Gasteiger partial charge on any atom is -0.384 e. The summed E-state index contributed by atoms with van der Waals surface area (Å²) in [5, 5.41) is 10.7. The highest BCUT2D eigenvalue weighted by Gasteiger charge is 2.17. The van der Waals surface area contributed by atoms with E-state index in [2.05, 4.69) is 38.5 Å². The Morgan fingerprint density at radius 3 is 2.67 bits per heavy atom. The SMILES string of the molecule is OC(c1ccc(I)c(Cl)c1)c1cccc(Br)c1F. The Labute approximate surface area is 131 Å². The van der Waals surface area contributed by atoms with Crippen molar-refractivity contribution in [3.8, 4) is 0 Å².